The zero-order valence-corrected chi connectivity index (χ0v) is 13.2. The summed E-state index contributed by atoms with van der Waals surface area (Å²) < 4.78 is 1.14. The lowest BCUT2D eigenvalue weighted by Crippen LogP contribution is -2.30. The minimum Gasteiger partial charge on any atom is -0.393 e. The summed E-state index contributed by atoms with van der Waals surface area (Å²) in [5.41, 5.74) is 1.02. The molecule has 0 bridgehead atoms. The number of thiophene rings is 1. The van der Waals surface area contributed by atoms with Crippen LogP contribution < -0.4 is 0 Å². The van der Waals surface area contributed by atoms with Crippen LogP contribution >= 0.6 is 22.9 Å². The van der Waals surface area contributed by atoms with E-state index >= 15 is 0 Å². The Kier molecular flexibility index (Phi) is 5.02. The number of aliphatic hydroxyl groups excluding tert-OH is 1. The summed E-state index contributed by atoms with van der Waals surface area (Å²) >= 11 is 7.64. The number of benzene rings is 1. The van der Waals surface area contributed by atoms with Gasteiger partial charge in [0.1, 0.15) is 0 Å². The molecule has 0 fully saturated rings. The SMILES string of the molecule is CC(O)CCN(C)C(=O)Cc1csc2ccc(Cl)cc12. The predicted molar refractivity (Wildman–Crippen MR) is 84.5 cm³/mol. The number of likely N-dealkylation sites (N-methyl/N-ethyl adjacent to an activating group) is 1. The fraction of sp³-hybridized carbons (Fsp3) is 0.400. The average Bonchev–Trinajstić information content (AvgIpc) is 2.78. The molecule has 0 aliphatic carbocycles. The van der Waals surface area contributed by atoms with Crippen molar-refractivity contribution in [3.8, 4) is 0 Å². The fourth-order valence-electron chi connectivity index (χ4n) is 1.99. The molecule has 0 radical (unpaired) electrons. The lowest BCUT2D eigenvalue weighted by Gasteiger charge is -2.17. The van der Waals surface area contributed by atoms with Crippen LogP contribution in [0.4, 0.5) is 0 Å². The van der Waals surface area contributed by atoms with Crippen LogP contribution in [0, 0.1) is 0 Å². The van der Waals surface area contributed by atoms with Gasteiger partial charge >= 0.3 is 0 Å². The smallest absolute Gasteiger partial charge is 0.226 e. The Morgan fingerprint density at radius 1 is 1.50 bits per heavy atom. The molecular formula is C15H18ClNO2S. The van der Waals surface area contributed by atoms with Crippen LogP contribution in [0.2, 0.25) is 5.02 Å². The van der Waals surface area contributed by atoms with Crippen LogP contribution in [-0.2, 0) is 11.2 Å². The zero-order valence-electron chi connectivity index (χ0n) is 11.6. The van der Waals surface area contributed by atoms with E-state index in [-0.39, 0.29) is 12.0 Å². The van der Waals surface area contributed by atoms with Crippen molar-refractivity contribution in [3.63, 3.8) is 0 Å². The number of nitrogens with zero attached hydrogens (tertiary/aromatic N) is 1. The van der Waals surface area contributed by atoms with Gasteiger partial charge in [-0.05, 0) is 47.9 Å². The number of carbonyl (C=O) groups excluding carboxylic acids is 1. The topological polar surface area (TPSA) is 40.5 Å². The van der Waals surface area contributed by atoms with Gasteiger partial charge in [-0.15, -0.1) is 11.3 Å². The first kappa shape index (κ1) is 15.3. The number of rotatable bonds is 5. The van der Waals surface area contributed by atoms with Crippen molar-refractivity contribution in [2.24, 2.45) is 0 Å². The average molecular weight is 312 g/mol. The van der Waals surface area contributed by atoms with Gasteiger partial charge < -0.3 is 10.0 Å². The molecule has 3 nitrogen and oxygen atoms in total. The molecule has 108 valence electrons. The molecule has 1 aromatic carbocycles. The van der Waals surface area contributed by atoms with Gasteiger partial charge in [0.05, 0.1) is 12.5 Å². The summed E-state index contributed by atoms with van der Waals surface area (Å²) in [6.45, 7) is 2.30. The largest absolute Gasteiger partial charge is 0.393 e. The summed E-state index contributed by atoms with van der Waals surface area (Å²) in [7, 11) is 1.77. The number of carbonyl (C=O) groups is 1. The zero-order chi connectivity index (χ0) is 14.7. The maximum Gasteiger partial charge on any atom is 0.226 e. The van der Waals surface area contributed by atoms with E-state index in [1.54, 1.807) is 30.2 Å². The van der Waals surface area contributed by atoms with Crippen molar-refractivity contribution < 1.29 is 9.90 Å². The monoisotopic (exact) mass is 311 g/mol. The van der Waals surface area contributed by atoms with E-state index in [0.29, 0.717) is 24.4 Å². The second-order valence-electron chi connectivity index (χ2n) is 5.03. The van der Waals surface area contributed by atoms with Gasteiger partial charge in [0.15, 0.2) is 0 Å². The number of fused-ring (bicyclic) bond motifs is 1. The molecule has 1 heterocycles. The van der Waals surface area contributed by atoms with E-state index in [0.717, 1.165) is 15.6 Å². The third kappa shape index (κ3) is 3.72. The van der Waals surface area contributed by atoms with Crippen LogP contribution in [0.1, 0.15) is 18.9 Å². The molecule has 0 aliphatic rings. The molecule has 1 unspecified atom stereocenters. The van der Waals surface area contributed by atoms with E-state index in [9.17, 15) is 9.90 Å². The standard InChI is InChI=1S/C15H18ClNO2S/c1-10(18)5-6-17(2)15(19)7-11-9-20-14-4-3-12(16)8-13(11)14/h3-4,8-10,18H,5-7H2,1-2H3. The molecule has 1 atom stereocenters. The fourth-order valence-corrected chi connectivity index (χ4v) is 3.11. The Morgan fingerprint density at radius 3 is 2.95 bits per heavy atom. The Morgan fingerprint density at radius 2 is 2.25 bits per heavy atom. The highest BCUT2D eigenvalue weighted by Gasteiger charge is 2.13. The van der Waals surface area contributed by atoms with Crippen LogP contribution in [0.5, 0.6) is 0 Å². The van der Waals surface area contributed by atoms with Gasteiger partial charge in [0.2, 0.25) is 5.91 Å². The predicted octanol–water partition coefficient (Wildman–Crippen LogP) is 3.33. The first-order valence-electron chi connectivity index (χ1n) is 6.55. The van der Waals surface area contributed by atoms with Gasteiger partial charge in [-0.1, -0.05) is 11.6 Å². The van der Waals surface area contributed by atoms with Crippen molar-refractivity contribution in [2.45, 2.75) is 25.9 Å². The number of hydrogen-bond acceptors (Lipinski definition) is 3. The summed E-state index contributed by atoms with van der Waals surface area (Å²) in [4.78, 5) is 13.8. The Hall–Kier alpha value is -1.10. The maximum absolute atomic E-state index is 12.2. The molecule has 0 saturated heterocycles. The van der Waals surface area contributed by atoms with E-state index in [1.807, 2.05) is 23.6 Å². The molecule has 5 heteroatoms. The van der Waals surface area contributed by atoms with Gasteiger partial charge in [-0.3, -0.25) is 4.79 Å². The van der Waals surface area contributed by atoms with Gasteiger partial charge in [-0.25, -0.2) is 0 Å². The normalized spacial score (nSPS) is 12.6. The molecule has 2 aromatic rings. The summed E-state index contributed by atoms with van der Waals surface area (Å²) in [6, 6.07) is 5.75. The van der Waals surface area contributed by atoms with E-state index in [2.05, 4.69) is 0 Å². The van der Waals surface area contributed by atoms with Crippen LogP contribution in [0.25, 0.3) is 10.1 Å². The van der Waals surface area contributed by atoms with Crippen LogP contribution in [0.15, 0.2) is 23.6 Å². The summed E-state index contributed by atoms with van der Waals surface area (Å²) in [5, 5.41) is 13.0. The molecule has 0 aliphatic heterocycles. The van der Waals surface area contributed by atoms with Gasteiger partial charge in [0, 0.05) is 23.3 Å². The van der Waals surface area contributed by atoms with Crippen molar-refractivity contribution >= 4 is 38.9 Å². The Bertz CT molecular complexity index is 609. The number of aliphatic hydroxyl groups is 1. The van der Waals surface area contributed by atoms with Crippen molar-refractivity contribution in [1.29, 1.82) is 0 Å². The number of hydrogen-bond donors (Lipinski definition) is 1. The molecular weight excluding hydrogens is 294 g/mol. The Labute approximate surface area is 127 Å². The lowest BCUT2D eigenvalue weighted by molar-refractivity contribution is -0.129. The lowest BCUT2D eigenvalue weighted by atomic mass is 10.1. The molecule has 2 rings (SSSR count). The first-order valence-corrected chi connectivity index (χ1v) is 7.81. The third-order valence-electron chi connectivity index (χ3n) is 3.27. The first-order chi connectivity index (χ1) is 9.47. The van der Waals surface area contributed by atoms with Crippen LogP contribution in [-0.4, -0.2) is 35.6 Å². The molecule has 1 amide bonds. The summed E-state index contributed by atoms with van der Waals surface area (Å²) in [6.07, 6.45) is 0.584. The van der Waals surface area contributed by atoms with Gasteiger partial charge in [0.25, 0.3) is 0 Å². The van der Waals surface area contributed by atoms with E-state index in [1.165, 1.54) is 0 Å². The number of amides is 1. The van der Waals surface area contributed by atoms with E-state index in [4.69, 9.17) is 11.6 Å². The molecule has 20 heavy (non-hydrogen) atoms. The maximum atomic E-state index is 12.2. The molecule has 0 spiro atoms. The van der Waals surface area contributed by atoms with Crippen molar-refractivity contribution in [2.75, 3.05) is 13.6 Å². The van der Waals surface area contributed by atoms with Crippen LogP contribution in [0.3, 0.4) is 0 Å². The second-order valence-corrected chi connectivity index (χ2v) is 6.38. The van der Waals surface area contributed by atoms with E-state index < -0.39 is 0 Å². The second kappa shape index (κ2) is 6.57. The third-order valence-corrected chi connectivity index (χ3v) is 4.51. The van der Waals surface area contributed by atoms with Crippen molar-refractivity contribution in [1.82, 2.24) is 4.90 Å². The Balaban J connectivity index is 2.08. The minimum absolute atomic E-state index is 0.0605. The minimum atomic E-state index is -0.383. The van der Waals surface area contributed by atoms with Gasteiger partial charge in [-0.2, -0.15) is 0 Å². The molecule has 1 aromatic heterocycles. The summed E-state index contributed by atoms with van der Waals surface area (Å²) in [5.74, 6) is 0.0605. The highest BCUT2D eigenvalue weighted by Crippen LogP contribution is 2.29. The quantitative estimate of drug-likeness (QED) is 0.920. The molecule has 0 saturated carbocycles. The number of halogens is 1. The highest BCUT2D eigenvalue weighted by molar-refractivity contribution is 7.17. The molecule has 1 N–H and O–H groups in total. The highest BCUT2D eigenvalue weighted by atomic mass is 35.5. The van der Waals surface area contributed by atoms with Crippen molar-refractivity contribution in [3.05, 3.63) is 34.2 Å².